The van der Waals surface area contributed by atoms with Gasteiger partial charge in [-0.05, 0) is 30.2 Å². The number of amides is 1. The zero-order chi connectivity index (χ0) is 13.7. The molecule has 0 aliphatic carbocycles. The maximum absolute atomic E-state index is 12.0. The smallest absolute Gasteiger partial charge is 0.318 e. The van der Waals surface area contributed by atoms with Crippen molar-refractivity contribution in [2.24, 2.45) is 11.8 Å². The third kappa shape index (κ3) is 3.84. The lowest BCUT2D eigenvalue weighted by Gasteiger charge is -2.17. The monoisotopic (exact) mass is 313 g/mol. The lowest BCUT2D eigenvalue weighted by Crippen LogP contribution is -2.34. The Kier molecular flexibility index (Phi) is 5.34. The fourth-order valence-electron chi connectivity index (χ4n) is 1.56. The molecule has 98 valence electrons. The van der Waals surface area contributed by atoms with Crippen LogP contribution in [0, 0.1) is 11.8 Å². The van der Waals surface area contributed by atoms with Gasteiger partial charge in [0.2, 0.25) is 5.91 Å². The summed E-state index contributed by atoms with van der Waals surface area (Å²) < 4.78 is 5.57. The van der Waals surface area contributed by atoms with E-state index in [1.165, 1.54) is 7.11 Å². The highest BCUT2D eigenvalue weighted by Crippen LogP contribution is 2.18. The summed E-state index contributed by atoms with van der Waals surface area (Å²) in [6.45, 7) is 3.62. The summed E-state index contributed by atoms with van der Waals surface area (Å²) in [6, 6.07) is 7.16. The van der Waals surface area contributed by atoms with Gasteiger partial charge in [-0.2, -0.15) is 0 Å². The van der Waals surface area contributed by atoms with Crippen molar-refractivity contribution in [3.8, 4) is 0 Å². The van der Waals surface area contributed by atoms with E-state index in [1.54, 1.807) is 12.1 Å². The molecule has 5 heteroatoms. The average Bonchev–Trinajstić information content (AvgIpc) is 2.31. The molecule has 0 heterocycles. The molecule has 0 aliphatic rings. The molecule has 1 rings (SSSR count). The van der Waals surface area contributed by atoms with Crippen LogP contribution in [0.25, 0.3) is 0 Å². The van der Waals surface area contributed by atoms with E-state index in [1.807, 2.05) is 26.0 Å². The van der Waals surface area contributed by atoms with Crippen LogP contribution in [0.5, 0.6) is 0 Å². The van der Waals surface area contributed by atoms with Crippen molar-refractivity contribution in [1.82, 2.24) is 0 Å². The zero-order valence-electron chi connectivity index (χ0n) is 10.6. The molecule has 0 fully saturated rings. The lowest BCUT2D eigenvalue weighted by atomic mass is 9.95. The topological polar surface area (TPSA) is 55.4 Å². The predicted octanol–water partition coefficient (Wildman–Crippen LogP) is 2.83. The third-order valence-electron chi connectivity index (χ3n) is 2.52. The molecule has 4 nitrogen and oxygen atoms in total. The van der Waals surface area contributed by atoms with Crippen LogP contribution >= 0.6 is 15.9 Å². The summed E-state index contributed by atoms with van der Waals surface area (Å²) in [5, 5.41) is 2.71. The largest absolute Gasteiger partial charge is 0.468 e. The molecular weight excluding hydrogens is 298 g/mol. The van der Waals surface area contributed by atoms with E-state index < -0.39 is 11.9 Å². The number of carbonyl (C=O) groups excluding carboxylic acids is 2. The Morgan fingerprint density at radius 1 is 1.22 bits per heavy atom. The number of hydrogen-bond donors (Lipinski definition) is 1. The van der Waals surface area contributed by atoms with Crippen LogP contribution < -0.4 is 5.32 Å². The first-order valence-corrected chi connectivity index (χ1v) is 6.39. The molecule has 1 aromatic rings. The van der Waals surface area contributed by atoms with E-state index in [0.717, 1.165) is 4.47 Å². The minimum atomic E-state index is -0.793. The Bertz CT molecular complexity index is 428. The van der Waals surface area contributed by atoms with Crippen molar-refractivity contribution < 1.29 is 14.3 Å². The highest BCUT2D eigenvalue weighted by atomic mass is 79.9. The van der Waals surface area contributed by atoms with Crippen molar-refractivity contribution in [2.75, 3.05) is 12.4 Å². The van der Waals surface area contributed by atoms with Crippen LogP contribution in [0.3, 0.4) is 0 Å². The third-order valence-corrected chi connectivity index (χ3v) is 3.04. The minimum Gasteiger partial charge on any atom is -0.468 e. The Morgan fingerprint density at radius 3 is 2.22 bits per heavy atom. The van der Waals surface area contributed by atoms with Gasteiger partial charge in [-0.1, -0.05) is 29.8 Å². The summed E-state index contributed by atoms with van der Waals surface area (Å²) >= 11 is 3.31. The van der Waals surface area contributed by atoms with Gasteiger partial charge in [-0.15, -0.1) is 0 Å². The highest BCUT2D eigenvalue weighted by molar-refractivity contribution is 9.10. The molecule has 0 saturated heterocycles. The first-order chi connectivity index (χ1) is 8.45. The molecule has 18 heavy (non-hydrogen) atoms. The molecule has 0 aliphatic heterocycles. The van der Waals surface area contributed by atoms with Gasteiger partial charge in [-0.25, -0.2) is 0 Å². The number of methoxy groups -OCH3 is 1. The molecular formula is C13H16BrNO3. The van der Waals surface area contributed by atoms with Gasteiger partial charge < -0.3 is 10.1 Å². The first-order valence-electron chi connectivity index (χ1n) is 5.60. The molecule has 1 amide bonds. The van der Waals surface area contributed by atoms with E-state index in [-0.39, 0.29) is 11.8 Å². The maximum atomic E-state index is 12.0. The van der Waals surface area contributed by atoms with Crippen molar-refractivity contribution in [2.45, 2.75) is 13.8 Å². The fraction of sp³-hybridized carbons (Fsp3) is 0.385. The number of nitrogens with one attached hydrogen (secondary N) is 1. The lowest BCUT2D eigenvalue weighted by molar-refractivity contribution is -0.150. The second-order valence-electron chi connectivity index (χ2n) is 4.24. The highest BCUT2D eigenvalue weighted by Gasteiger charge is 2.30. The number of anilines is 1. The van der Waals surface area contributed by atoms with Crippen LogP contribution in [0.4, 0.5) is 5.69 Å². The van der Waals surface area contributed by atoms with E-state index in [9.17, 15) is 9.59 Å². The standard InChI is InChI=1S/C13H16BrNO3/c1-8(2)11(13(17)18-3)12(16)15-10-6-4-9(14)5-7-10/h4-8,11H,1-3H3,(H,15,16). The first kappa shape index (κ1) is 14.7. The van der Waals surface area contributed by atoms with Gasteiger partial charge in [0.1, 0.15) is 5.92 Å². The number of ether oxygens (including phenoxy) is 1. The Morgan fingerprint density at radius 2 is 1.78 bits per heavy atom. The van der Waals surface area contributed by atoms with Crippen molar-refractivity contribution in [3.63, 3.8) is 0 Å². The number of benzene rings is 1. The molecule has 0 bridgehead atoms. The van der Waals surface area contributed by atoms with Crippen molar-refractivity contribution in [3.05, 3.63) is 28.7 Å². The Balaban J connectivity index is 2.79. The summed E-state index contributed by atoms with van der Waals surface area (Å²) in [5.74, 6) is -1.77. The Labute approximate surface area is 115 Å². The maximum Gasteiger partial charge on any atom is 0.318 e. The van der Waals surface area contributed by atoms with E-state index >= 15 is 0 Å². The molecule has 1 N–H and O–H groups in total. The van der Waals surface area contributed by atoms with Crippen LogP contribution in [-0.2, 0) is 14.3 Å². The van der Waals surface area contributed by atoms with Gasteiger partial charge in [0.25, 0.3) is 0 Å². The van der Waals surface area contributed by atoms with Crippen LogP contribution in [0.15, 0.2) is 28.7 Å². The zero-order valence-corrected chi connectivity index (χ0v) is 12.2. The summed E-state index contributed by atoms with van der Waals surface area (Å²) in [5.41, 5.74) is 0.651. The van der Waals surface area contributed by atoms with Crippen LogP contribution in [-0.4, -0.2) is 19.0 Å². The van der Waals surface area contributed by atoms with Crippen molar-refractivity contribution in [1.29, 1.82) is 0 Å². The molecule has 0 saturated carbocycles. The fourth-order valence-corrected chi connectivity index (χ4v) is 1.83. The number of esters is 1. The summed E-state index contributed by atoms with van der Waals surface area (Å²) in [7, 11) is 1.28. The van der Waals surface area contributed by atoms with Gasteiger partial charge in [-0.3, -0.25) is 9.59 Å². The number of hydrogen-bond acceptors (Lipinski definition) is 3. The van der Waals surface area contributed by atoms with Gasteiger partial charge in [0.15, 0.2) is 0 Å². The Hall–Kier alpha value is -1.36. The normalized spacial score (nSPS) is 12.1. The SMILES string of the molecule is COC(=O)C(C(=O)Nc1ccc(Br)cc1)C(C)C. The van der Waals surface area contributed by atoms with Gasteiger partial charge in [0.05, 0.1) is 7.11 Å². The van der Waals surface area contributed by atoms with E-state index in [2.05, 4.69) is 26.0 Å². The number of rotatable bonds is 4. The molecule has 0 radical (unpaired) electrons. The van der Waals surface area contributed by atoms with E-state index in [0.29, 0.717) is 5.69 Å². The van der Waals surface area contributed by atoms with Crippen LogP contribution in [0.1, 0.15) is 13.8 Å². The summed E-state index contributed by atoms with van der Waals surface area (Å²) in [4.78, 5) is 23.6. The predicted molar refractivity (Wildman–Crippen MR) is 73.1 cm³/mol. The number of carbonyl (C=O) groups is 2. The van der Waals surface area contributed by atoms with Gasteiger partial charge in [0, 0.05) is 10.2 Å². The molecule has 0 spiro atoms. The second-order valence-corrected chi connectivity index (χ2v) is 5.16. The van der Waals surface area contributed by atoms with Gasteiger partial charge >= 0.3 is 5.97 Å². The second kappa shape index (κ2) is 6.54. The molecule has 1 atom stereocenters. The minimum absolute atomic E-state index is 0.118. The number of halogens is 1. The molecule has 1 aromatic carbocycles. The molecule has 1 unspecified atom stereocenters. The summed E-state index contributed by atoms with van der Waals surface area (Å²) in [6.07, 6.45) is 0. The quantitative estimate of drug-likeness (QED) is 0.687. The van der Waals surface area contributed by atoms with E-state index in [4.69, 9.17) is 0 Å². The van der Waals surface area contributed by atoms with Crippen molar-refractivity contribution >= 4 is 33.5 Å². The average molecular weight is 314 g/mol. The van der Waals surface area contributed by atoms with Crippen LogP contribution in [0.2, 0.25) is 0 Å². The molecule has 0 aromatic heterocycles.